The summed E-state index contributed by atoms with van der Waals surface area (Å²) in [6.45, 7) is 4.31. The predicted octanol–water partition coefficient (Wildman–Crippen LogP) is 5.31. The Hall–Kier alpha value is -3.80. The van der Waals surface area contributed by atoms with Crippen LogP contribution >= 0.6 is 0 Å². The number of hydrogen-bond donors (Lipinski definition) is 1. The summed E-state index contributed by atoms with van der Waals surface area (Å²) < 4.78 is 6.02. The minimum Gasteiger partial charge on any atom is -0.491 e. The van der Waals surface area contributed by atoms with Gasteiger partial charge in [-0.25, -0.2) is 9.78 Å². The first-order valence-corrected chi connectivity index (χ1v) is 11.5. The number of aromatic nitrogens is 2. The molecule has 0 spiro atoms. The number of aromatic amines is 1. The van der Waals surface area contributed by atoms with Crippen molar-refractivity contribution in [2.75, 3.05) is 24.6 Å². The monoisotopic (exact) mass is 438 g/mol. The van der Waals surface area contributed by atoms with Gasteiger partial charge >= 0.3 is 6.03 Å². The molecule has 6 rings (SSSR count). The highest BCUT2D eigenvalue weighted by molar-refractivity contribution is 5.93. The molecular formula is C27H26N4O2. The molecule has 4 aromatic rings. The minimum absolute atomic E-state index is 0.0540. The maximum absolute atomic E-state index is 13.6. The SMILES string of the molecule is Cc1nc2ccc(-c3ccc4c(c3)CN(C(=O)N3CCCc5ccccc53)CCO4)cc2[nH]1. The van der Waals surface area contributed by atoms with E-state index in [1.54, 1.807) is 0 Å². The van der Waals surface area contributed by atoms with Crippen molar-refractivity contribution in [2.24, 2.45) is 0 Å². The molecule has 0 saturated heterocycles. The maximum atomic E-state index is 13.6. The minimum atomic E-state index is 0.0540. The zero-order chi connectivity index (χ0) is 22.4. The lowest BCUT2D eigenvalue weighted by Gasteiger charge is -2.33. The zero-order valence-electron chi connectivity index (χ0n) is 18.7. The second-order valence-corrected chi connectivity index (χ2v) is 8.81. The van der Waals surface area contributed by atoms with E-state index in [-0.39, 0.29) is 6.03 Å². The average Bonchev–Trinajstić information content (AvgIpc) is 3.08. The van der Waals surface area contributed by atoms with Crippen LogP contribution in [0.1, 0.15) is 23.4 Å². The van der Waals surface area contributed by atoms with E-state index in [1.165, 1.54) is 5.56 Å². The van der Waals surface area contributed by atoms with Crippen LogP contribution in [0.3, 0.4) is 0 Å². The molecule has 0 radical (unpaired) electrons. The topological polar surface area (TPSA) is 61.5 Å². The quantitative estimate of drug-likeness (QED) is 0.438. The third-order valence-electron chi connectivity index (χ3n) is 6.59. The number of carbonyl (C=O) groups is 1. The van der Waals surface area contributed by atoms with Gasteiger partial charge < -0.3 is 14.6 Å². The van der Waals surface area contributed by atoms with Crippen LogP contribution in [0, 0.1) is 6.92 Å². The number of hydrogen-bond acceptors (Lipinski definition) is 3. The van der Waals surface area contributed by atoms with Crippen LogP contribution in [0.25, 0.3) is 22.2 Å². The van der Waals surface area contributed by atoms with Gasteiger partial charge in [-0.15, -0.1) is 0 Å². The molecular weight excluding hydrogens is 412 g/mol. The van der Waals surface area contributed by atoms with Crippen molar-refractivity contribution in [1.82, 2.24) is 14.9 Å². The Labute approximate surface area is 192 Å². The Bertz CT molecular complexity index is 1360. The molecule has 0 unspecified atom stereocenters. The number of rotatable bonds is 1. The van der Waals surface area contributed by atoms with E-state index < -0.39 is 0 Å². The van der Waals surface area contributed by atoms with Gasteiger partial charge in [0.1, 0.15) is 18.2 Å². The second kappa shape index (κ2) is 7.96. The summed E-state index contributed by atoms with van der Waals surface area (Å²) in [6, 6.07) is 20.8. The molecule has 2 amide bonds. The molecule has 166 valence electrons. The van der Waals surface area contributed by atoms with Crippen LogP contribution < -0.4 is 9.64 Å². The molecule has 2 aliphatic rings. The van der Waals surface area contributed by atoms with Gasteiger partial charge in [-0.2, -0.15) is 0 Å². The highest BCUT2D eigenvalue weighted by Crippen LogP contribution is 2.32. The molecule has 0 fully saturated rings. The summed E-state index contributed by atoms with van der Waals surface area (Å²) in [7, 11) is 0. The van der Waals surface area contributed by atoms with E-state index in [0.29, 0.717) is 19.7 Å². The van der Waals surface area contributed by atoms with Gasteiger partial charge in [0, 0.05) is 17.8 Å². The molecule has 6 nitrogen and oxygen atoms in total. The fourth-order valence-electron chi connectivity index (χ4n) is 4.96. The van der Waals surface area contributed by atoms with E-state index in [9.17, 15) is 4.79 Å². The van der Waals surface area contributed by atoms with Gasteiger partial charge in [0.15, 0.2) is 0 Å². The number of aryl methyl sites for hydroxylation is 2. The van der Waals surface area contributed by atoms with Crippen molar-refractivity contribution in [1.29, 1.82) is 0 Å². The van der Waals surface area contributed by atoms with Crippen molar-refractivity contribution in [3.8, 4) is 16.9 Å². The molecule has 1 N–H and O–H groups in total. The standard InChI is InChI=1S/C27H26N4O2/c1-18-28-23-10-8-21(16-24(23)29-18)20-9-11-26-22(15-20)17-30(13-14-33-26)27(32)31-12-4-6-19-5-2-3-7-25(19)31/h2-3,5,7-11,15-16H,4,6,12-14,17H2,1H3,(H,28,29). The summed E-state index contributed by atoms with van der Waals surface area (Å²) in [6.07, 6.45) is 2.01. The van der Waals surface area contributed by atoms with E-state index in [2.05, 4.69) is 46.4 Å². The highest BCUT2D eigenvalue weighted by Gasteiger charge is 2.28. The average molecular weight is 439 g/mol. The highest BCUT2D eigenvalue weighted by atomic mass is 16.5. The first-order chi connectivity index (χ1) is 16.2. The fraction of sp³-hybridized carbons (Fsp3) is 0.259. The Balaban J connectivity index is 1.30. The van der Waals surface area contributed by atoms with Crippen molar-refractivity contribution >= 4 is 22.8 Å². The number of ether oxygens (including phenoxy) is 1. The summed E-state index contributed by atoms with van der Waals surface area (Å²) >= 11 is 0. The van der Waals surface area contributed by atoms with E-state index in [4.69, 9.17) is 4.74 Å². The van der Waals surface area contributed by atoms with Crippen LogP contribution in [0.2, 0.25) is 0 Å². The largest absolute Gasteiger partial charge is 0.491 e. The number of para-hydroxylation sites is 1. The lowest BCUT2D eigenvalue weighted by molar-refractivity contribution is 0.193. The van der Waals surface area contributed by atoms with Crippen LogP contribution in [0.15, 0.2) is 60.7 Å². The third-order valence-corrected chi connectivity index (χ3v) is 6.59. The van der Waals surface area contributed by atoms with Gasteiger partial charge in [0.2, 0.25) is 0 Å². The molecule has 0 bridgehead atoms. The van der Waals surface area contributed by atoms with Crippen LogP contribution in [-0.4, -0.2) is 40.6 Å². The number of nitrogens with zero attached hydrogens (tertiary/aromatic N) is 3. The number of benzene rings is 3. The predicted molar refractivity (Wildman–Crippen MR) is 130 cm³/mol. The summed E-state index contributed by atoms with van der Waals surface area (Å²) in [5, 5.41) is 0. The van der Waals surface area contributed by atoms with Crippen LogP contribution in [0.5, 0.6) is 5.75 Å². The lowest BCUT2D eigenvalue weighted by Crippen LogP contribution is -2.46. The lowest BCUT2D eigenvalue weighted by atomic mass is 10.0. The van der Waals surface area contributed by atoms with Crippen molar-refractivity contribution in [2.45, 2.75) is 26.3 Å². The van der Waals surface area contributed by atoms with Crippen LogP contribution in [-0.2, 0) is 13.0 Å². The van der Waals surface area contributed by atoms with Gasteiger partial charge in [0.05, 0.1) is 24.1 Å². The number of fused-ring (bicyclic) bond motifs is 3. The number of nitrogens with one attached hydrogen (secondary N) is 1. The van der Waals surface area contributed by atoms with Crippen LogP contribution in [0.4, 0.5) is 10.5 Å². The first-order valence-electron chi connectivity index (χ1n) is 11.5. The smallest absolute Gasteiger partial charge is 0.324 e. The van der Waals surface area contributed by atoms with Gasteiger partial charge in [-0.3, -0.25) is 4.90 Å². The first kappa shape index (κ1) is 19.9. The molecule has 33 heavy (non-hydrogen) atoms. The molecule has 0 atom stereocenters. The number of imidazole rings is 1. The number of carbonyl (C=O) groups excluding carboxylic acids is 1. The summed E-state index contributed by atoms with van der Waals surface area (Å²) in [5.74, 6) is 1.76. The Morgan fingerprint density at radius 3 is 2.79 bits per heavy atom. The second-order valence-electron chi connectivity index (χ2n) is 8.81. The Morgan fingerprint density at radius 1 is 1.00 bits per heavy atom. The molecule has 1 aromatic heterocycles. The molecule has 2 aliphatic heterocycles. The molecule has 6 heteroatoms. The number of urea groups is 1. The van der Waals surface area contributed by atoms with E-state index >= 15 is 0 Å². The maximum Gasteiger partial charge on any atom is 0.324 e. The van der Waals surface area contributed by atoms with Crippen molar-refractivity contribution < 1.29 is 9.53 Å². The van der Waals surface area contributed by atoms with E-state index in [0.717, 1.165) is 64.4 Å². The van der Waals surface area contributed by atoms with Gasteiger partial charge in [-0.05, 0) is 66.8 Å². The number of anilines is 1. The Kier molecular flexibility index (Phi) is 4.79. The number of amides is 2. The summed E-state index contributed by atoms with van der Waals surface area (Å²) in [5.41, 5.74) is 7.52. The van der Waals surface area contributed by atoms with Crippen molar-refractivity contribution in [3.05, 3.63) is 77.6 Å². The Morgan fingerprint density at radius 2 is 1.85 bits per heavy atom. The third kappa shape index (κ3) is 3.61. The molecule has 0 aliphatic carbocycles. The summed E-state index contributed by atoms with van der Waals surface area (Å²) in [4.78, 5) is 25.2. The van der Waals surface area contributed by atoms with Crippen molar-refractivity contribution in [3.63, 3.8) is 0 Å². The fourth-order valence-corrected chi connectivity index (χ4v) is 4.96. The van der Waals surface area contributed by atoms with Gasteiger partial charge in [-0.1, -0.05) is 30.3 Å². The molecule has 3 aromatic carbocycles. The zero-order valence-corrected chi connectivity index (χ0v) is 18.7. The molecule has 0 saturated carbocycles. The molecule has 3 heterocycles. The number of H-pyrrole nitrogens is 1. The normalized spacial score (nSPS) is 15.5. The van der Waals surface area contributed by atoms with E-state index in [1.807, 2.05) is 41.0 Å². The van der Waals surface area contributed by atoms with Gasteiger partial charge in [0.25, 0.3) is 0 Å².